The molecule has 4 atom stereocenters. The van der Waals surface area contributed by atoms with E-state index in [9.17, 15) is 19.2 Å². The summed E-state index contributed by atoms with van der Waals surface area (Å²) in [6.45, 7) is 21.0. The maximum absolute atomic E-state index is 13.4. The lowest BCUT2D eigenvalue weighted by Crippen LogP contribution is -2.50. The van der Waals surface area contributed by atoms with Crippen molar-refractivity contribution in [3.8, 4) is 0 Å². The molecule has 0 bridgehead atoms. The van der Waals surface area contributed by atoms with Crippen LogP contribution in [-0.4, -0.2) is 99.3 Å². The number of unbranched alkanes of at least 4 members (excludes halogenated alkanes) is 2. The van der Waals surface area contributed by atoms with Gasteiger partial charge in [0, 0.05) is 79.7 Å². The number of carbonyl (C=O) groups is 4. The molecule has 332 valence electrons. The molecule has 3 heterocycles. The highest BCUT2D eigenvalue weighted by Crippen LogP contribution is 2.41. The van der Waals surface area contributed by atoms with Crippen molar-refractivity contribution in [2.24, 2.45) is 51.9 Å². The lowest BCUT2D eigenvalue weighted by Gasteiger charge is -2.40. The molecule has 11 heteroatoms. The second-order valence-electron chi connectivity index (χ2n) is 20.4. The summed E-state index contributed by atoms with van der Waals surface area (Å²) in [6, 6.07) is -0.0466. The summed E-state index contributed by atoms with van der Waals surface area (Å²) in [4.78, 5) is 59.7. The van der Waals surface area contributed by atoms with Gasteiger partial charge in [0.05, 0.1) is 6.04 Å². The van der Waals surface area contributed by atoms with Crippen LogP contribution >= 0.6 is 24.4 Å². The van der Waals surface area contributed by atoms with E-state index in [-0.39, 0.29) is 58.3 Å². The molecule has 0 unspecified atom stereocenters. The van der Waals surface area contributed by atoms with E-state index in [1.54, 1.807) is 0 Å². The van der Waals surface area contributed by atoms with E-state index >= 15 is 0 Å². The summed E-state index contributed by atoms with van der Waals surface area (Å²) in [5.74, 6) is 2.74. The maximum atomic E-state index is 13.4. The number of ketones is 1. The van der Waals surface area contributed by atoms with E-state index in [0.717, 1.165) is 79.7 Å². The minimum Gasteiger partial charge on any atom is -0.342 e. The zero-order valence-electron chi connectivity index (χ0n) is 38.0. The number of thiocarbonyl (C=S) groups is 2. The summed E-state index contributed by atoms with van der Waals surface area (Å²) in [7, 11) is 0. The van der Waals surface area contributed by atoms with Gasteiger partial charge in [-0.3, -0.25) is 19.2 Å². The molecule has 0 aromatic rings. The molecule has 1 saturated carbocycles. The van der Waals surface area contributed by atoms with Crippen molar-refractivity contribution in [2.75, 3.05) is 39.3 Å². The summed E-state index contributed by atoms with van der Waals surface area (Å²) in [5, 5.41) is 0. The molecule has 4 N–H and O–H groups in total. The Labute approximate surface area is 364 Å². The summed E-state index contributed by atoms with van der Waals surface area (Å²) in [5.41, 5.74) is 11.0. The second-order valence-corrected chi connectivity index (χ2v) is 21.6. The highest BCUT2D eigenvalue weighted by Gasteiger charge is 2.42. The minimum atomic E-state index is -0.227. The first kappa shape index (κ1) is 50.5. The van der Waals surface area contributed by atoms with Gasteiger partial charge in [0.25, 0.3) is 0 Å². The van der Waals surface area contributed by atoms with Crippen LogP contribution in [0, 0.1) is 40.4 Å². The molecule has 3 aliphatic heterocycles. The standard InChI is InChI=1S/C24H42N2O2S.C23H41N3O2S/c1-5-6-8-17-13-18(14-17)10-11-22(27)21-9-7-12-26(21)23(28)20(24(2,3)4)15-19(29)16-25;1-5-6-8-17-15-25(16-17)21(27)11-10-18-9-7-12-26(18)22(28)20(23(2,3)4)13-19(29)14-24/h17-18,20-21H,5-16,25H2,1-4H3;17-18,20H,5-16,24H2,1-4H3/t17?,18?,20-,21-;18-,20-/m11/s1. The van der Waals surface area contributed by atoms with Crippen LogP contribution in [0.15, 0.2) is 0 Å². The molecule has 3 amide bonds. The van der Waals surface area contributed by atoms with Crippen molar-refractivity contribution < 1.29 is 19.2 Å². The quantitative estimate of drug-likeness (QED) is 0.110. The molecule has 1 aliphatic carbocycles. The molecule has 0 aromatic carbocycles. The van der Waals surface area contributed by atoms with Gasteiger partial charge < -0.3 is 26.2 Å². The fourth-order valence-corrected chi connectivity index (χ4v) is 9.92. The number of nitrogens with zero attached hydrogens (tertiary/aromatic N) is 3. The lowest BCUT2D eigenvalue weighted by atomic mass is 9.70. The van der Waals surface area contributed by atoms with E-state index in [4.69, 9.17) is 35.9 Å². The van der Waals surface area contributed by atoms with Gasteiger partial charge in [0.1, 0.15) is 0 Å². The highest BCUT2D eigenvalue weighted by molar-refractivity contribution is 7.80. The van der Waals surface area contributed by atoms with Crippen LogP contribution in [0.3, 0.4) is 0 Å². The Kier molecular flexibility index (Phi) is 20.9. The zero-order valence-corrected chi connectivity index (χ0v) is 39.6. The number of nitrogens with two attached hydrogens (primary N) is 2. The minimum absolute atomic E-state index is 0.0902. The number of rotatable bonds is 21. The largest absolute Gasteiger partial charge is 0.342 e. The monoisotopic (exact) mass is 846 g/mol. The van der Waals surface area contributed by atoms with E-state index in [1.807, 2.05) is 14.7 Å². The first-order chi connectivity index (χ1) is 27.3. The average Bonchev–Trinajstić information content (AvgIpc) is 3.83. The van der Waals surface area contributed by atoms with Gasteiger partial charge in [-0.1, -0.05) is 112 Å². The van der Waals surface area contributed by atoms with Crippen molar-refractivity contribution in [1.29, 1.82) is 0 Å². The number of carbonyl (C=O) groups excluding carboxylic acids is 4. The maximum Gasteiger partial charge on any atom is 0.227 e. The normalized spacial score (nSPS) is 23.4. The number of likely N-dealkylation sites (tertiary alicyclic amines) is 3. The topological polar surface area (TPSA) is 130 Å². The molecular weight excluding hydrogens is 763 g/mol. The first-order valence-electron chi connectivity index (χ1n) is 23.2. The van der Waals surface area contributed by atoms with Crippen LogP contribution in [-0.2, 0) is 19.2 Å². The fourth-order valence-electron chi connectivity index (χ4n) is 9.59. The van der Waals surface area contributed by atoms with Gasteiger partial charge >= 0.3 is 0 Å². The zero-order chi connectivity index (χ0) is 43.2. The first-order valence-corrected chi connectivity index (χ1v) is 24.0. The molecule has 0 aromatic heterocycles. The molecule has 3 saturated heterocycles. The molecule has 9 nitrogen and oxygen atoms in total. The predicted molar refractivity (Wildman–Crippen MR) is 247 cm³/mol. The van der Waals surface area contributed by atoms with Crippen LogP contribution in [0.5, 0.6) is 0 Å². The average molecular weight is 846 g/mol. The van der Waals surface area contributed by atoms with Crippen LogP contribution in [0.25, 0.3) is 0 Å². The summed E-state index contributed by atoms with van der Waals surface area (Å²) < 4.78 is 0. The molecule has 4 rings (SSSR count). The third kappa shape index (κ3) is 15.3. The lowest BCUT2D eigenvalue weighted by molar-refractivity contribution is -0.143. The third-order valence-electron chi connectivity index (χ3n) is 13.6. The Balaban J connectivity index is 0.000000310. The van der Waals surface area contributed by atoms with E-state index in [1.165, 1.54) is 51.4 Å². The van der Waals surface area contributed by atoms with Crippen molar-refractivity contribution in [3.05, 3.63) is 0 Å². The molecule has 4 aliphatic rings. The van der Waals surface area contributed by atoms with Gasteiger partial charge in [-0.25, -0.2) is 0 Å². The number of amides is 3. The molecule has 58 heavy (non-hydrogen) atoms. The number of Topliss-reactive ketones (excluding diaryl/α,β-unsaturated/α-hetero) is 1. The Morgan fingerprint density at radius 2 is 1.14 bits per heavy atom. The Hall–Kier alpha value is -1.82. The van der Waals surface area contributed by atoms with Gasteiger partial charge in [0.15, 0.2) is 5.78 Å². The molecule has 4 fully saturated rings. The van der Waals surface area contributed by atoms with E-state index in [0.29, 0.717) is 51.2 Å². The van der Waals surface area contributed by atoms with Crippen molar-refractivity contribution >= 4 is 57.7 Å². The fraction of sp³-hybridized carbons (Fsp3) is 0.872. The van der Waals surface area contributed by atoms with Gasteiger partial charge in [-0.15, -0.1) is 0 Å². The molecular formula is C47H83N5O4S2. The van der Waals surface area contributed by atoms with E-state index < -0.39 is 0 Å². The summed E-state index contributed by atoms with van der Waals surface area (Å²) >= 11 is 10.7. The van der Waals surface area contributed by atoms with Crippen LogP contribution in [0.2, 0.25) is 0 Å². The number of hydrogen-bond donors (Lipinski definition) is 2. The smallest absolute Gasteiger partial charge is 0.227 e. The van der Waals surface area contributed by atoms with E-state index in [2.05, 4.69) is 55.4 Å². The molecule has 0 spiro atoms. The van der Waals surface area contributed by atoms with Crippen molar-refractivity contribution in [2.45, 2.75) is 183 Å². The van der Waals surface area contributed by atoms with Gasteiger partial charge in [0.2, 0.25) is 17.7 Å². The second kappa shape index (κ2) is 24.0. The SMILES string of the molecule is CCCCC1CC(CCC(=O)[C@H]2CCCN2C(=O)[C@@H](CC(=S)CN)C(C)(C)C)C1.CCCCC1CN(C(=O)CC[C@H]2CCCN2C(=O)[C@@H](CC(=S)CN)C(C)(C)C)C1. The highest BCUT2D eigenvalue weighted by atomic mass is 32.1. The van der Waals surface area contributed by atoms with Gasteiger partial charge in [-0.2, -0.15) is 0 Å². The molecule has 0 radical (unpaired) electrons. The Bertz CT molecular complexity index is 1360. The third-order valence-corrected chi connectivity index (χ3v) is 14.3. The van der Waals surface area contributed by atoms with Crippen LogP contribution in [0.1, 0.15) is 171 Å². The Morgan fingerprint density at radius 3 is 1.66 bits per heavy atom. The van der Waals surface area contributed by atoms with Crippen LogP contribution in [0.4, 0.5) is 0 Å². The predicted octanol–water partition coefficient (Wildman–Crippen LogP) is 8.71. The van der Waals surface area contributed by atoms with Gasteiger partial charge in [-0.05, 0) is 99.2 Å². The number of hydrogen-bond acceptors (Lipinski definition) is 8. The Morgan fingerprint density at radius 1 is 0.655 bits per heavy atom. The van der Waals surface area contributed by atoms with Crippen molar-refractivity contribution in [1.82, 2.24) is 14.7 Å². The summed E-state index contributed by atoms with van der Waals surface area (Å²) in [6.07, 6.45) is 18.1. The van der Waals surface area contributed by atoms with Crippen molar-refractivity contribution in [3.63, 3.8) is 0 Å². The van der Waals surface area contributed by atoms with Crippen LogP contribution < -0.4 is 11.5 Å².